The molecule has 0 bridgehead atoms. The molecule has 2 fully saturated rings. The van der Waals surface area contributed by atoms with E-state index in [9.17, 15) is 19.5 Å². The molecule has 3 aliphatic rings. The maximum Gasteiger partial charge on any atom is 0.246 e. The summed E-state index contributed by atoms with van der Waals surface area (Å²) in [5.41, 5.74) is 6.17. The second-order valence-corrected chi connectivity index (χ2v) is 22.5. The number of aryl methyl sites for hydroxylation is 3. The second kappa shape index (κ2) is 20.7. The highest BCUT2D eigenvalue weighted by atomic mass is 35.5. The molecule has 1 aliphatic carbocycles. The van der Waals surface area contributed by atoms with E-state index in [1.807, 2.05) is 106 Å². The van der Waals surface area contributed by atoms with Gasteiger partial charge in [-0.2, -0.15) is 0 Å². The first kappa shape index (κ1) is 50.7. The molecule has 2 aliphatic heterocycles. The van der Waals surface area contributed by atoms with Gasteiger partial charge >= 0.3 is 0 Å². The van der Waals surface area contributed by atoms with Gasteiger partial charge in [0.1, 0.15) is 40.6 Å². The molecule has 1 saturated heterocycles. The van der Waals surface area contributed by atoms with Gasteiger partial charge in [-0.15, -0.1) is 21.5 Å². The van der Waals surface area contributed by atoms with E-state index in [1.54, 1.807) is 22.4 Å². The summed E-state index contributed by atoms with van der Waals surface area (Å²) in [5.74, 6) is 2.33. The highest BCUT2D eigenvalue weighted by Crippen LogP contribution is 2.40. The Morgan fingerprint density at radius 1 is 0.917 bits per heavy atom. The fourth-order valence-corrected chi connectivity index (χ4v) is 11.5. The first-order valence-electron chi connectivity index (χ1n) is 24.8. The van der Waals surface area contributed by atoms with Gasteiger partial charge in [0.15, 0.2) is 5.82 Å². The normalized spacial score (nSPS) is 20.8. The number of fused-ring (bicyclic) bond motifs is 3. The number of imidazole rings is 1. The lowest BCUT2D eigenvalue weighted by Gasteiger charge is -2.38. The second-order valence-electron chi connectivity index (χ2n) is 20.9. The largest absolute Gasteiger partial charge is 0.490 e. The zero-order valence-electron chi connectivity index (χ0n) is 42.4. The maximum absolute atomic E-state index is 14.4. The number of aliphatic imine (C=N–C) groups is 1. The molecule has 17 heteroatoms. The van der Waals surface area contributed by atoms with Gasteiger partial charge in [-0.1, -0.05) is 80.9 Å². The molecule has 3 amide bonds. The topological polar surface area (TPSA) is 181 Å². The number of hydrogen-bond acceptors (Lipinski definition) is 11. The molecule has 15 nitrogen and oxygen atoms in total. The van der Waals surface area contributed by atoms with Crippen LogP contribution in [-0.4, -0.2) is 101 Å². The molecule has 72 heavy (non-hydrogen) atoms. The number of likely N-dealkylation sites (tertiary alicyclic amines) is 1. The maximum atomic E-state index is 14.4. The van der Waals surface area contributed by atoms with E-state index < -0.39 is 23.6 Å². The molecule has 4 N–H and O–H groups in total. The zero-order valence-corrected chi connectivity index (χ0v) is 44.0. The number of benzene rings is 3. The quantitative estimate of drug-likeness (QED) is 0.0791. The molecule has 1 saturated carbocycles. The first-order valence-corrected chi connectivity index (χ1v) is 26.0. The van der Waals surface area contributed by atoms with Crippen LogP contribution in [0.3, 0.4) is 0 Å². The number of aromatic nitrogens is 5. The Morgan fingerprint density at radius 2 is 1.61 bits per heavy atom. The van der Waals surface area contributed by atoms with Crippen molar-refractivity contribution in [3.8, 4) is 22.1 Å². The number of β-amino-alcohol motifs (C(OH)–C–C–N with tert-alkyl or cyclic N) is 1. The number of carbonyl (C=O) groups excluding carboxylic acids is 3. The Morgan fingerprint density at radius 3 is 2.28 bits per heavy atom. The summed E-state index contributed by atoms with van der Waals surface area (Å²) in [6.07, 6.45) is 4.87. The average Bonchev–Trinajstić information content (AvgIpc) is 4.10. The smallest absolute Gasteiger partial charge is 0.246 e. The third-order valence-electron chi connectivity index (χ3n) is 14.4. The number of aliphatic hydroxyl groups is 1. The number of thiophene rings is 1. The molecule has 3 aromatic heterocycles. The van der Waals surface area contributed by atoms with Gasteiger partial charge in [0.25, 0.3) is 0 Å². The van der Waals surface area contributed by atoms with Crippen LogP contribution in [0.1, 0.15) is 117 Å². The third kappa shape index (κ3) is 10.8. The van der Waals surface area contributed by atoms with E-state index in [-0.39, 0.29) is 67.4 Å². The molecular formula is C55H65ClN10O5S. The molecule has 378 valence electrons. The van der Waals surface area contributed by atoms with E-state index in [0.29, 0.717) is 35.9 Å². The van der Waals surface area contributed by atoms with Crippen molar-refractivity contribution in [3.05, 3.63) is 135 Å². The molecule has 3 aromatic carbocycles. The van der Waals surface area contributed by atoms with Crippen molar-refractivity contribution in [2.24, 2.45) is 17.5 Å². The van der Waals surface area contributed by atoms with Crippen LogP contribution < -0.4 is 20.7 Å². The van der Waals surface area contributed by atoms with E-state index in [1.165, 1.54) is 4.88 Å². The summed E-state index contributed by atoms with van der Waals surface area (Å²) in [6.45, 7) is 16.3. The Labute approximate surface area is 430 Å². The number of ether oxygens (including phenoxy) is 1. The van der Waals surface area contributed by atoms with E-state index in [2.05, 4.69) is 76.2 Å². The van der Waals surface area contributed by atoms with Crippen molar-refractivity contribution in [1.29, 1.82) is 0 Å². The highest BCUT2D eigenvalue weighted by Gasteiger charge is 2.44. The third-order valence-corrected chi connectivity index (χ3v) is 15.8. The molecule has 5 heterocycles. The predicted octanol–water partition coefficient (Wildman–Crippen LogP) is 8.09. The van der Waals surface area contributed by atoms with Crippen LogP contribution in [0.15, 0.2) is 90.2 Å². The minimum Gasteiger partial charge on any atom is -0.490 e. The lowest BCUT2D eigenvalue weighted by molar-refractivity contribution is -0.140. The number of hydrogen-bond donors (Lipinski definition) is 4. The Bertz CT molecular complexity index is 2970. The lowest BCUT2D eigenvalue weighted by Crippen LogP contribution is -2.58. The lowest BCUT2D eigenvalue weighted by atomic mass is 9.85. The standard InChI is InChI=1S/C55H65ClN10O5S/c1-30-33(4)72-54-48(30)49(37-16-18-39(56)19-17-37)60-44(52-63-62-34(5)66(52)54)28-47(69)59-40-25-43(26-40)71-42-20-10-35(11-21-42)24-46(68)61-50(55(6,7)8)53(70)65-29-41(67)27-45(65)32(3)58-31(2)36-12-14-38(15-13-36)51-57-22-23-64(51)9/h10-23,31-32,40-41,43-45,50,58,67H,24-29H2,1-9H3,(H,59,69)(H,61,68)/t31-,32?,40?,41+,43?,44-,45?,50+/m0/s1. The van der Waals surface area contributed by atoms with Gasteiger partial charge in [0, 0.05) is 89.6 Å². The van der Waals surface area contributed by atoms with Crippen molar-refractivity contribution >= 4 is 46.4 Å². The Hall–Kier alpha value is -6.20. The molecule has 6 atom stereocenters. The zero-order chi connectivity index (χ0) is 51.2. The SMILES string of the molecule is Cc1sc2c(c1C)C(c1ccc(Cl)cc1)=N[C@@H](CC(=O)NC1CC(Oc3ccc(CC(=O)N[C@H](C(=O)N4C[C@H](O)CC4C(C)N[C@@H](C)c4ccc(-c5nccn5C)cc4)C(C)(C)C)cc3)C1)c1nnc(C)n1-2. The van der Waals surface area contributed by atoms with Gasteiger partial charge in [0.05, 0.1) is 24.7 Å². The number of amides is 3. The summed E-state index contributed by atoms with van der Waals surface area (Å²) in [4.78, 5) is 54.4. The van der Waals surface area contributed by atoms with Crippen molar-refractivity contribution in [1.82, 2.24) is 45.2 Å². The molecular weight excluding hydrogens is 948 g/mol. The summed E-state index contributed by atoms with van der Waals surface area (Å²) in [7, 11) is 1.97. The summed E-state index contributed by atoms with van der Waals surface area (Å²) < 4.78 is 10.3. The van der Waals surface area contributed by atoms with E-state index in [0.717, 1.165) is 55.7 Å². The number of rotatable bonds is 15. The number of halogens is 1. The Kier molecular flexibility index (Phi) is 14.6. The van der Waals surface area contributed by atoms with Gasteiger partial charge in [-0.05, 0) is 87.4 Å². The van der Waals surface area contributed by atoms with Gasteiger partial charge in [0.2, 0.25) is 17.7 Å². The number of aliphatic hydroxyl groups excluding tert-OH is 1. The van der Waals surface area contributed by atoms with Crippen LogP contribution in [0.25, 0.3) is 16.4 Å². The van der Waals surface area contributed by atoms with Crippen molar-refractivity contribution in [2.45, 2.75) is 136 Å². The predicted molar refractivity (Wildman–Crippen MR) is 281 cm³/mol. The van der Waals surface area contributed by atoms with E-state index >= 15 is 0 Å². The van der Waals surface area contributed by atoms with Gasteiger partial charge < -0.3 is 35.3 Å². The van der Waals surface area contributed by atoms with Crippen LogP contribution in [0.4, 0.5) is 0 Å². The van der Waals surface area contributed by atoms with Crippen LogP contribution in [0.5, 0.6) is 5.75 Å². The Balaban J connectivity index is 0.768. The monoisotopic (exact) mass is 1010 g/mol. The van der Waals surface area contributed by atoms with Crippen molar-refractivity contribution in [3.63, 3.8) is 0 Å². The fourth-order valence-electron chi connectivity index (χ4n) is 10.2. The molecule has 0 spiro atoms. The molecule has 6 aromatic rings. The van der Waals surface area contributed by atoms with Crippen molar-refractivity contribution < 1.29 is 24.2 Å². The summed E-state index contributed by atoms with van der Waals surface area (Å²) in [6, 6.07) is 21.5. The van der Waals surface area contributed by atoms with Crippen LogP contribution in [0.2, 0.25) is 5.02 Å². The highest BCUT2D eigenvalue weighted by molar-refractivity contribution is 7.15. The minimum absolute atomic E-state index is 0.0200. The van der Waals surface area contributed by atoms with Crippen LogP contribution >= 0.6 is 22.9 Å². The molecule has 9 rings (SSSR count). The molecule has 0 radical (unpaired) electrons. The number of nitrogens with one attached hydrogen (secondary N) is 3. The van der Waals surface area contributed by atoms with E-state index in [4.69, 9.17) is 21.3 Å². The van der Waals surface area contributed by atoms with Crippen molar-refractivity contribution in [2.75, 3.05) is 6.54 Å². The van der Waals surface area contributed by atoms with Gasteiger partial charge in [-0.3, -0.25) is 23.9 Å². The summed E-state index contributed by atoms with van der Waals surface area (Å²) >= 11 is 7.95. The van der Waals surface area contributed by atoms with Gasteiger partial charge in [-0.25, -0.2) is 4.98 Å². The first-order chi connectivity index (χ1) is 34.3. The average molecular weight is 1010 g/mol. The molecule has 2 unspecified atom stereocenters. The van der Waals surface area contributed by atoms with Crippen LogP contribution in [0, 0.1) is 26.2 Å². The minimum atomic E-state index is -0.810. The summed E-state index contributed by atoms with van der Waals surface area (Å²) in [5, 5.41) is 31.4. The van der Waals surface area contributed by atoms with Crippen LogP contribution in [-0.2, 0) is 27.9 Å². The number of carbonyl (C=O) groups is 3. The fraction of sp³-hybridized carbons (Fsp3) is 0.436. The number of nitrogens with zero attached hydrogens (tertiary/aromatic N) is 7.